The Kier molecular flexibility index (Phi) is 7.00. The molecule has 2 aromatic heterocycles. The number of pyridine rings is 1. The molecule has 3 rings (SSSR count). The van der Waals surface area contributed by atoms with Crippen molar-refractivity contribution in [3.05, 3.63) is 52.4 Å². The van der Waals surface area contributed by atoms with Crippen molar-refractivity contribution in [3.63, 3.8) is 0 Å². The highest BCUT2D eigenvalue weighted by Gasteiger charge is 2.34. The summed E-state index contributed by atoms with van der Waals surface area (Å²) in [7, 11) is 0. The molecule has 0 radical (unpaired) electrons. The van der Waals surface area contributed by atoms with Gasteiger partial charge in [-0.2, -0.15) is 0 Å². The van der Waals surface area contributed by atoms with Gasteiger partial charge in [0.1, 0.15) is 0 Å². The third-order valence-corrected chi connectivity index (χ3v) is 5.87. The van der Waals surface area contributed by atoms with Crippen LogP contribution in [0.15, 0.2) is 41.8 Å². The predicted molar refractivity (Wildman–Crippen MR) is 118 cm³/mol. The molecule has 0 saturated heterocycles. The molecule has 0 aliphatic carbocycles. The van der Waals surface area contributed by atoms with Crippen molar-refractivity contribution in [3.8, 4) is 10.6 Å². The van der Waals surface area contributed by atoms with Crippen molar-refractivity contribution in [1.29, 1.82) is 0 Å². The Balaban J connectivity index is 2.20. The molecule has 29 heavy (non-hydrogen) atoms. The number of ether oxygens (including phenoxy) is 1. The monoisotopic (exact) mass is 430 g/mol. The molecule has 3 aromatic rings. The largest absolute Gasteiger partial charge is 0.464 e. The van der Waals surface area contributed by atoms with Crippen LogP contribution in [-0.2, 0) is 9.53 Å². The predicted octanol–water partition coefficient (Wildman–Crippen LogP) is 5.07. The van der Waals surface area contributed by atoms with Crippen LogP contribution in [0.25, 0.3) is 21.5 Å². The van der Waals surface area contributed by atoms with Crippen molar-refractivity contribution in [2.24, 2.45) is 0 Å². The fourth-order valence-corrected chi connectivity index (χ4v) is 4.19. The minimum Gasteiger partial charge on any atom is -0.464 e. The second-order valence-corrected chi connectivity index (χ2v) is 7.82. The zero-order valence-corrected chi connectivity index (χ0v) is 18.2. The van der Waals surface area contributed by atoms with E-state index in [1.165, 1.54) is 0 Å². The fourth-order valence-electron chi connectivity index (χ4n) is 3.33. The fraction of sp³-hybridized carbons (Fsp3) is 0.318. The zero-order chi connectivity index (χ0) is 21.0. The van der Waals surface area contributed by atoms with Gasteiger partial charge < -0.3 is 4.74 Å². The van der Waals surface area contributed by atoms with Crippen LogP contribution in [0.4, 0.5) is 0 Å². The van der Waals surface area contributed by atoms with Crippen molar-refractivity contribution in [2.75, 3.05) is 19.7 Å². The standard InChI is InChI=1S/C22H23ClN2O3S/c1-4-25(5-2)20(22(27)28-6-3)21(26)16-13-18(19-8-7-11-29-19)24-17-10-9-14(23)12-15(16)17/h7-13,20H,4-6H2,1-3H3. The average molecular weight is 431 g/mol. The molecule has 0 aliphatic heterocycles. The van der Waals surface area contributed by atoms with Gasteiger partial charge in [0, 0.05) is 16.0 Å². The number of ketones is 1. The molecule has 1 unspecified atom stereocenters. The summed E-state index contributed by atoms with van der Waals surface area (Å²) in [6.45, 7) is 6.88. The summed E-state index contributed by atoms with van der Waals surface area (Å²) >= 11 is 7.75. The van der Waals surface area contributed by atoms with Crippen molar-refractivity contribution < 1.29 is 14.3 Å². The summed E-state index contributed by atoms with van der Waals surface area (Å²) in [5, 5.41) is 3.10. The van der Waals surface area contributed by atoms with E-state index in [-0.39, 0.29) is 12.4 Å². The Bertz CT molecular complexity index is 1020. The molecule has 0 aliphatic rings. The molecule has 5 nitrogen and oxygen atoms in total. The number of benzene rings is 1. The number of fused-ring (bicyclic) bond motifs is 1. The van der Waals surface area contributed by atoms with Crippen LogP contribution in [0, 0.1) is 0 Å². The normalized spacial score (nSPS) is 12.3. The molecule has 2 heterocycles. The molecule has 0 spiro atoms. The van der Waals surface area contributed by atoms with Gasteiger partial charge in [-0.15, -0.1) is 11.3 Å². The molecule has 0 fully saturated rings. The third-order valence-electron chi connectivity index (χ3n) is 4.75. The van der Waals surface area contributed by atoms with Crippen LogP contribution >= 0.6 is 22.9 Å². The van der Waals surface area contributed by atoms with Crippen LogP contribution in [0.5, 0.6) is 0 Å². The van der Waals surface area contributed by atoms with E-state index in [1.807, 2.05) is 36.3 Å². The first-order chi connectivity index (χ1) is 14.0. The first-order valence-corrected chi connectivity index (χ1v) is 10.8. The molecule has 1 atom stereocenters. The van der Waals surface area contributed by atoms with Crippen molar-refractivity contribution in [2.45, 2.75) is 26.8 Å². The molecule has 0 bridgehead atoms. The lowest BCUT2D eigenvalue weighted by Gasteiger charge is -2.27. The van der Waals surface area contributed by atoms with Gasteiger partial charge in [-0.3, -0.25) is 9.69 Å². The number of likely N-dealkylation sites (N-methyl/N-ethyl adjacent to an activating group) is 1. The van der Waals surface area contributed by atoms with Gasteiger partial charge in [-0.05, 0) is 55.7 Å². The maximum absolute atomic E-state index is 13.7. The molecule has 0 N–H and O–H groups in total. The Morgan fingerprint density at radius 3 is 2.55 bits per heavy atom. The Labute approximate surface area is 179 Å². The lowest BCUT2D eigenvalue weighted by atomic mass is 9.97. The number of aromatic nitrogens is 1. The summed E-state index contributed by atoms with van der Waals surface area (Å²) in [6, 6.07) is 9.90. The molecule has 0 amide bonds. The number of carbonyl (C=O) groups is 2. The number of nitrogens with zero attached hydrogens (tertiary/aromatic N) is 2. The second-order valence-electron chi connectivity index (χ2n) is 6.43. The van der Waals surface area contributed by atoms with E-state index in [0.717, 1.165) is 4.88 Å². The SMILES string of the molecule is CCOC(=O)C(C(=O)c1cc(-c2cccs2)nc2ccc(Cl)cc12)N(CC)CC. The molecule has 152 valence electrons. The maximum atomic E-state index is 13.7. The van der Waals surface area contributed by atoms with Gasteiger partial charge in [0.15, 0.2) is 11.8 Å². The molecule has 0 saturated carbocycles. The average Bonchev–Trinajstić information content (AvgIpc) is 3.25. The number of rotatable bonds is 8. The van der Waals surface area contributed by atoms with Crippen LogP contribution in [0.1, 0.15) is 31.1 Å². The summed E-state index contributed by atoms with van der Waals surface area (Å²) < 4.78 is 5.23. The number of hydrogen-bond donors (Lipinski definition) is 0. The number of Topliss-reactive ketones (excluding diaryl/α,β-unsaturated/α-hetero) is 1. The van der Waals surface area contributed by atoms with E-state index in [0.29, 0.717) is 40.3 Å². The molecule has 7 heteroatoms. The lowest BCUT2D eigenvalue weighted by molar-refractivity contribution is -0.147. The van der Waals surface area contributed by atoms with Gasteiger partial charge in [0.05, 0.1) is 22.7 Å². The first-order valence-electron chi connectivity index (χ1n) is 9.59. The number of halogens is 1. The van der Waals surface area contributed by atoms with Crippen molar-refractivity contribution >= 4 is 45.6 Å². The Morgan fingerprint density at radius 1 is 1.17 bits per heavy atom. The molecular weight excluding hydrogens is 408 g/mol. The van der Waals surface area contributed by atoms with Crippen LogP contribution < -0.4 is 0 Å². The lowest BCUT2D eigenvalue weighted by Crippen LogP contribution is -2.47. The topological polar surface area (TPSA) is 59.5 Å². The van der Waals surface area contributed by atoms with E-state index in [1.54, 1.807) is 42.5 Å². The summed E-state index contributed by atoms with van der Waals surface area (Å²) in [6.07, 6.45) is 0. The Hall–Kier alpha value is -2.28. The quantitative estimate of drug-likeness (QED) is 0.283. The van der Waals surface area contributed by atoms with E-state index < -0.39 is 12.0 Å². The molecule has 1 aromatic carbocycles. The Morgan fingerprint density at radius 2 is 1.93 bits per heavy atom. The summed E-state index contributed by atoms with van der Waals surface area (Å²) in [5.74, 6) is -0.842. The highest BCUT2D eigenvalue weighted by Crippen LogP contribution is 2.30. The highest BCUT2D eigenvalue weighted by atomic mass is 35.5. The van der Waals surface area contributed by atoms with Crippen LogP contribution in [0.3, 0.4) is 0 Å². The molecular formula is C22H23ClN2O3S. The second kappa shape index (κ2) is 9.48. The third kappa shape index (κ3) is 4.50. The number of thiophene rings is 1. The minimum absolute atomic E-state index is 0.216. The number of hydrogen-bond acceptors (Lipinski definition) is 6. The first kappa shape index (κ1) is 21.4. The van der Waals surface area contributed by atoms with Gasteiger partial charge in [0.2, 0.25) is 0 Å². The minimum atomic E-state index is -1.01. The van der Waals surface area contributed by atoms with E-state index in [9.17, 15) is 9.59 Å². The summed E-state index contributed by atoms with van der Waals surface area (Å²) in [4.78, 5) is 33.8. The van der Waals surface area contributed by atoms with Crippen molar-refractivity contribution in [1.82, 2.24) is 9.88 Å². The van der Waals surface area contributed by atoms with Gasteiger partial charge >= 0.3 is 5.97 Å². The van der Waals surface area contributed by atoms with E-state index >= 15 is 0 Å². The smallest absolute Gasteiger partial charge is 0.331 e. The number of carbonyl (C=O) groups excluding carboxylic acids is 2. The van der Waals surface area contributed by atoms with Gasteiger partial charge in [-0.1, -0.05) is 31.5 Å². The summed E-state index contributed by atoms with van der Waals surface area (Å²) in [5.41, 5.74) is 1.77. The van der Waals surface area contributed by atoms with E-state index in [4.69, 9.17) is 21.3 Å². The number of esters is 1. The van der Waals surface area contributed by atoms with E-state index in [2.05, 4.69) is 0 Å². The highest BCUT2D eigenvalue weighted by molar-refractivity contribution is 7.13. The van der Waals surface area contributed by atoms with Gasteiger partial charge in [0.25, 0.3) is 0 Å². The maximum Gasteiger partial charge on any atom is 0.331 e. The van der Waals surface area contributed by atoms with Crippen LogP contribution in [-0.4, -0.2) is 47.4 Å². The van der Waals surface area contributed by atoms with Gasteiger partial charge in [-0.25, -0.2) is 9.78 Å². The van der Waals surface area contributed by atoms with Crippen LogP contribution in [0.2, 0.25) is 5.02 Å². The zero-order valence-electron chi connectivity index (χ0n) is 16.6.